The van der Waals surface area contributed by atoms with Crippen LogP contribution in [0.1, 0.15) is 11.3 Å². The second kappa shape index (κ2) is 6.02. The Morgan fingerprint density at radius 2 is 2.11 bits per heavy atom. The lowest BCUT2D eigenvalue weighted by molar-refractivity contribution is -0.103. The van der Waals surface area contributed by atoms with Gasteiger partial charge < -0.3 is 5.32 Å². The highest BCUT2D eigenvalue weighted by Gasteiger charge is 2.00. The number of nitrogens with one attached hydrogen (secondary N) is 2. The number of hydrogen-bond donors (Lipinski definition) is 2. The first-order valence-corrected chi connectivity index (χ1v) is 5.80. The van der Waals surface area contributed by atoms with Gasteiger partial charge in [-0.3, -0.25) is 9.89 Å². The van der Waals surface area contributed by atoms with Crippen LogP contribution >= 0.6 is 11.6 Å². The van der Waals surface area contributed by atoms with Crippen LogP contribution in [0.3, 0.4) is 0 Å². The smallest absolute Gasteiger partial charge is 0.153 e. The van der Waals surface area contributed by atoms with Gasteiger partial charge in [0, 0.05) is 24.0 Å². The molecular formula is C13H12ClN3O. The Bertz CT molecular complexity index is 532. The number of H-pyrrole nitrogens is 1. The lowest BCUT2D eigenvalue weighted by Crippen LogP contribution is -2.06. The van der Waals surface area contributed by atoms with Gasteiger partial charge in [-0.1, -0.05) is 23.7 Å². The van der Waals surface area contributed by atoms with Crippen molar-refractivity contribution >= 4 is 23.5 Å². The van der Waals surface area contributed by atoms with Crippen molar-refractivity contribution in [3.05, 3.63) is 59.0 Å². The van der Waals surface area contributed by atoms with Crippen LogP contribution in [0.2, 0.25) is 5.02 Å². The molecular weight excluding hydrogens is 250 g/mol. The first kappa shape index (κ1) is 12.4. The molecule has 0 aliphatic rings. The highest BCUT2D eigenvalue weighted by Crippen LogP contribution is 2.10. The quantitative estimate of drug-likeness (QED) is 0.642. The van der Waals surface area contributed by atoms with Crippen molar-refractivity contribution in [2.45, 2.75) is 6.54 Å². The standard InChI is InChI=1S/C13H12ClN3O/c14-12-3-1-10(2-4-12)7-15-8-11(9-18)13-5-6-16-17-13/h1-6,8-9,15H,7H2,(H,16,17)/b11-8+. The number of halogens is 1. The molecule has 0 saturated heterocycles. The zero-order chi connectivity index (χ0) is 12.8. The van der Waals surface area contributed by atoms with Crippen LogP contribution in [0, 0.1) is 0 Å². The Labute approximate surface area is 110 Å². The van der Waals surface area contributed by atoms with Gasteiger partial charge in [-0.05, 0) is 23.8 Å². The first-order chi connectivity index (χ1) is 8.79. The van der Waals surface area contributed by atoms with Gasteiger partial charge in [0.05, 0.1) is 11.3 Å². The van der Waals surface area contributed by atoms with Crippen LogP contribution in [0.5, 0.6) is 0 Å². The number of benzene rings is 1. The topological polar surface area (TPSA) is 57.8 Å². The predicted molar refractivity (Wildman–Crippen MR) is 70.9 cm³/mol. The molecule has 2 rings (SSSR count). The molecule has 0 unspecified atom stereocenters. The predicted octanol–water partition coefficient (Wildman–Crippen LogP) is 2.39. The van der Waals surface area contributed by atoms with E-state index in [1.54, 1.807) is 18.5 Å². The molecule has 2 N–H and O–H groups in total. The van der Waals surface area contributed by atoms with Gasteiger partial charge in [0.15, 0.2) is 6.29 Å². The summed E-state index contributed by atoms with van der Waals surface area (Å²) in [5, 5.41) is 10.3. The molecule has 18 heavy (non-hydrogen) atoms. The van der Waals surface area contributed by atoms with Crippen molar-refractivity contribution in [1.82, 2.24) is 15.5 Å². The van der Waals surface area contributed by atoms with E-state index in [0.717, 1.165) is 11.8 Å². The van der Waals surface area contributed by atoms with Crippen molar-refractivity contribution < 1.29 is 4.79 Å². The average molecular weight is 262 g/mol. The van der Waals surface area contributed by atoms with Crippen molar-refractivity contribution in [3.8, 4) is 0 Å². The Morgan fingerprint density at radius 1 is 1.33 bits per heavy atom. The van der Waals surface area contributed by atoms with E-state index >= 15 is 0 Å². The number of aldehydes is 1. The molecule has 0 spiro atoms. The van der Waals surface area contributed by atoms with Crippen LogP contribution in [0.4, 0.5) is 0 Å². The number of aromatic nitrogens is 2. The van der Waals surface area contributed by atoms with Crippen molar-refractivity contribution in [2.75, 3.05) is 0 Å². The van der Waals surface area contributed by atoms with Crippen LogP contribution < -0.4 is 5.32 Å². The summed E-state index contributed by atoms with van der Waals surface area (Å²) in [6.45, 7) is 0.628. The van der Waals surface area contributed by atoms with Gasteiger partial charge in [0.25, 0.3) is 0 Å². The molecule has 0 saturated carbocycles. The maximum absolute atomic E-state index is 10.9. The lowest BCUT2D eigenvalue weighted by atomic mass is 10.2. The van der Waals surface area contributed by atoms with E-state index in [-0.39, 0.29) is 0 Å². The Balaban J connectivity index is 1.98. The van der Waals surface area contributed by atoms with Gasteiger partial charge in [-0.25, -0.2) is 0 Å². The second-order valence-electron chi connectivity index (χ2n) is 3.70. The molecule has 0 aliphatic heterocycles. The van der Waals surface area contributed by atoms with E-state index < -0.39 is 0 Å². The van der Waals surface area contributed by atoms with Gasteiger partial charge in [-0.15, -0.1) is 0 Å². The molecule has 2 aromatic rings. The average Bonchev–Trinajstić information content (AvgIpc) is 2.91. The fourth-order valence-electron chi connectivity index (χ4n) is 1.47. The van der Waals surface area contributed by atoms with Gasteiger partial charge >= 0.3 is 0 Å². The van der Waals surface area contributed by atoms with E-state index in [2.05, 4.69) is 15.5 Å². The molecule has 92 valence electrons. The highest BCUT2D eigenvalue weighted by molar-refractivity contribution is 6.30. The molecule has 0 atom stereocenters. The summed E-state index contributed by atoms with van der Waals surface area (Å²) in [5.74, 6) is 0. The van der Waals surface area contributed by atoms with E-state index in [1.165, 1.54) is 0 Å². The minimum absolute atomic E-state index is 0.529. The van der Waals surface area contributed by atoms with E-state index in [0.29, 0.717) is 22.8 Å². The maximum atomic E-state index is 10.9. The minimum atomic E-state index is 0.529. The molecule has 0 amide bonds. The molecule has 1 heterocycles. The Morgan fingerprint density at radius 3 is 2.72 bits per heavy atom. The molecule has 0 fully saturated rings. The van der Waals surface area contributed by atoms with Crippen LogP contribution in [0.25, 0.3) is 5.57 Å². The minimum Gasteiger partial charge on any atom is -0.386 e. The molecule has 5 heteroatoms. The number of carbonyl (C=O) groups is 1. The molecule has 1 aromatic carbocycles. The number of aromatic amines is 1. The third-order valence-electron chi connectivity index (χ3n) is 2.42. The van der Waals surface area contributed by atoms with E-state index in [1.807, 2.05) is 24.3 Å². The van der Waals surface area contributed by atoms with Crippen LogP contribution in [0.15, 0.2) is 42.7 Å². The first-order valence-electron chi connectivity index (χ1n) is 5.42. The van der Waals surface area contributed by atoms with Crippen molar-refractivity contribution in [1.29, 1.82) is 0 Å². The monoisotopic (exact) mass is 261 g/mol. The summed E-state index contributed by atoms with van der Waals surface area (Å²) in [6, 6.07) is 9.26. The van der Waals surface area contributed by atoms with E-state index in [9.17, 15) is 4.79 Å². The number of carbonyl (C=O) groups excluding carboxylic acids is 1. The number of rotatable bonds is 5. The number of hydrogen-bond acceptors (Lipinski definition) is 3. The molecule has 0 aliphatic carbocycles. The molecule has 1 aromatic heterocycles. The third-order valence-corrected chi connectivity index (χ3v) is 2.67. The Hall–Kier alpha value is -2.07. The highest BCUT2D eigenvalue weighted by atomic mass is 35.5. The van der Waals surface area contributed by atoms with Crippen molar-refractivity contribution in [2.24, 2.45) is 0 Å². The normalized spacial score (nSPS) is 11.3. The SMILES string of the molecule is O=C/C(=C\NCc1ccc(Cl)cc1)c1ccn[nH]1. The summed E-state index contributed by atoms with van der Waals surface area (Å²) in [4.78, 5) is 10.9. The van der Waals surface area contributed by atoms with Crippen LogP contribution in [-0.4, -0.2) is 16.5 Å². The number of allylic oxidation sites excluding steroid dienone is 1. The summed E-state index contributed by atoms with van der Waals surface area (Å²) >= 11 is 5.80. The van der Waals surface area contributed by atoms with E-state index in [4.69, 9.17) is 11.6 Å². The third kappa shape index (κ3) is 3.21. The van der Waals surface area contributed by atoms with Gasteiger partial charge in [0.2, 0.25) is 0 Å². The summed E-state index contributed by atoms with van der Waals surface area (Å²) < 4.78 is 0. The number of nitrogens with zero attached hydrogens (tertiary/aromatic N) is 1. The second-order valence-corrected chi connectivity index (χ2v) is 4.13. The summed E-state index contributed by atoms with van der Waals surface area (Å²) in [6.07, 6.45) is 4.05. The van der Waals surface area contributed by atoms with Gasteiger partial charge in [0.1, 0.15) is 0 Å². The zero-order valence-corrected chi connectivity index (χ0v) is 10.3. The molecule has 0 bridgehead atoms. The fraction of sp³-hybridized carbons (Fsp3) is 0.0769. The maximum Gasteiger partial charge on any atom is 0.153 e. The van der Waals surface area contributed by atoms with Crippen molar-refractivity contribution in [3.63, 3.8) is 0 Å². The largest absolute Gasteiger partial charge is 0.386 e. The zero-order valence-electron chi connectivity index (χ0n) is 9.56. The Kier molecular flexibility index (Phi) is 4.15. The van der Waals surface area contributed by atoms with Gasteiger partial charge in [-0.2, -0.15) is 5.10 Å². The molecule has 0 radical (unpaired) electrons. The lowest BCUT2D eigenvalue weighted by Gasteiger charge is -2.02. The summed E-state index contributed by atoms with van der Waals surface area (Å²) in [7, 11) is 0. The molecule has 4 nitrogen and oxygen atoms in total. The van der Waals surface area contributed by atoms with Crippen LogP contribution in [-0.2, 0) is 11.3 Å². The summed E-state index contributed by atoms with van der Waals surface area (Å²) in [5.41, 5.74) is 2.31. The fourth-order valence-corrected chi connectivity index (χ4v) is 1.60.